The van der Waals surface area contributed by atoms with E-state index in [1.165, 1.54) is 18.8 Å². The average molecular weight is 273 g/mol. The van der Waals surface area contributed by atoms with Gasteiger partial charge in [0.05, 0.1) is 11.4 Å². The van der Waals surface area contributed by atoms with Crippen LogP contribution in [0.1, 0.15) is 26.7 Å². The van der Waals surface area contributed by atoms with Gasteiger partial charge in [-0.1, -0.05) is 25.1 Å². The van der Waals surface area contributed by atoms with Crippen LogP contribution >= 0.6 is 11.8 Å². The first-order valence-electron chi connectivity index (χ1n) is 5.88. The summed E-state index contributed by atoms with van der Waals surface area (Å²) in [5.41, 5.74) is 3.39. The Bertz CT molecular complexity index is 357. The van der Waals surface area contributed by atoms with Crippen LogP contribution < -0.4 is 10.8 Å². The van der Waals surface area contributed by atoms with Crippen molar-refractivity contribution in [1.29, 1.82) is 0 Å². The topological polar surface area (TPSA) is 70.7 Å². The van der Waals surface area contributed by atoms with Gasteiger partial charge < -0.3 is 15.1 Å². The molecule has 0 unspecified atom stereocenters. The molecule has 0 saturated heterocycles. The summed E-state index contributed by atoms with van der Waals surface area (Å²) in [5.74, 6) is 0.456. The van der Waals surface area contributed by atoms with Crippen molar-refractivity contribution >= 4 is 23.8 Å². The van der Waals surface area contributed by atoms with Gasteiger partial charge in [-0.15, -0.1) is 0 Å². The average Bonchev–Trinajstić information content (AvgIpc) is 2.37. The lowest BCUT2D eigenvalue weighted by molar-refractivity contribution is -0.126. The lowest BCUT2D eigenvalue weighted by Gasteiger charge is -2.29. The van der Waals surface area contributed by atoms with E-state index < -0.39 is 6.09 Å². The van der Waals surface area contributed by atoms with Gasteiger partial charge in [-0.3, -0.25) is 4.79 Å². The molecular weight excluding hydrogens is 254 g/mol. The third kappa shape index (κ3) is 3.83. The highest BCUT2D eigenvalue weighted by atomic mass is 32.2. The smallest absolute Gasteiger partial charge is 0.324 e. The number of carbonyl (C=O) groups excluding carboxylic acids is 2. The maximum Gasteiger partial charge on any atom is 0.431 e. The summed E-state index contributed by atoms with van der Waals surface area (Å²) in [5, 5.41) is 3.04. The highest BCUT2D eigenvalue weighted by Crippen LogP contribution is 2.26. The molecule has 1 heterocycles. The van der Waals surface area contributed by atoms with Gasteiger partial charge in [0, 0.05) is 13.6 Å². The Labute approximate surface area is 111 Å². The predicted molar refractivity (Wildman–Crippen MR) is 70.5 cm³/mol. The summed E-state index contributed by atoms with van der Waals surface area (Å²) in [6.07, 6.45) is 1.42. The number of amides is 2. The van der Waals surface area contributed by atoms with Crippen LogP contribution in [0.25, 0.3) is 0 Å². The zero-order chi connectivity index (χ0) is 13.5. The molecule has 0 aromatic rings. The molecule has 1 aliphatic heterocycles. The molecule has 6 nitrogen and oxygen atoms in total. The van der Waals surface area contributed by atoms with Gasteiger partial charge in [-0.05, 0) is 13.3 Å². The van der Waals surface area contributed by atoms with E-state index in [9.17, 15) is 9.59 Å². The Morgan fingerprint density at radius 2 is 2.28 bits per heavy atom. The van der Waals surface area contributed by atoms with Crippen LogP contribution in [0, 0.1) is 0 Å². The molecule has 0 bridgehead atoms. The van der Waals surface area contributed by atoms with E-state index in [2.05, 4.69) is 17.7 Å². The zero-order valence-corrected chi connectivity index (χ0v) is 11.7. The molecule has 1 rings (SSSR count). The van der Waals surface area contributed by atoms with Crippen LogP contribution in [0.4, 0.5) is 4.79 Å². The van der Waals surface area contributed by atoms with Gasteiger partial charge in [-0.25, -0.2) is 10.3 Å². The summed E-state index contributed by atoms with van der Waals surface area (Å²) in [6.45, 7) is 4.62. The SMILES string of the molecule is CCCCN1C(=O)CSC(NOC(=O)NC)=C1C. The van der Waals surface area contributed by atoms with Gasteiger partial charge in [0.25, 0.3) is 0 Å². The first-order chi connectivity index (χ1) is 8.60. The van der Waals surface area contributed by atoms with Crippen molar-refractivity contribution in [2.75, 3.05) is 19.3 Å². The number of rotatable bonds is 5. The second-order valence-corrected chi connectivity index (χ2v) is 4.83. The van der Waals surface area contributed by atoms with Crippen LogP contribution in [-0.4, -0.2) is 36.2 Å². The minimum Gasteiger partial charge on any atom is -0.324 e. The van der Waals surface area contributed by atoms with E-state index in [1.807, 2.05) is 6.92 Å². The van der Waals surface area contributed by atoms with Crippen LogP contribution in [0.2, 0.25) is 0 Å². The van der Waals surface area contributed by atoms with Gasteiger partial charge in [-0.2, -0.15) is 0 Å². The number of unbranched alkanes of at least 4 members (excludes halogenated alkanes) is 1. The number of carbonyl (C=O) groups is 2. The van der Waals surface area contributed by atoms with Crippen molar-refractivity contribution in [2.45, 2.75) is 26.7 Å². The molecule has 18 heavy (non-hydrogen) atoms. The molecule has 2 amide bonds. The number of hydroxylamine groups is 1. The number of thioether (sulfide) groups is 1. The molecule has 0 atom stereocenters. The molecule has 0 fully saturated rings. The number of nitrogens with one attached hydrogen (secondary N) is 2. The largest absolute Gasteiger partial charge is 0.431 e. The molecule has 0 radical (unpaired) electrons. The lowest BCUT2D eigenvalue weighted by Crippen LogP contribution is -2.38. The van der Waals surface area contributed by atoms with Crippen LogP contribution in [0.5, 0.6) is 0 Å². The highest BCUT2D eigenvalue weighted by Gasteiger charge is 2.24. The summed E-state index contributed by atoms with van der Waals surface area (Å²) < 4.78 is 0. The first kappa shape index (κ1) is 14.7. The Kier molecular flexibility index (Phi) is 5.84. The quantitative estimate of drug-likeness (QED) is 0.741. The number of hydrogen-bond acceptors (Lipinski definition) is 5. The van der Waals surface area contributed by atoms with Crippen molar-refractivity contribution in [3.8, 4) is 0 Å². The minimum atomic E-state index is -0.562. The monoisotopic (exact) mass is 273 g/mol. The number of hydrogen-bond donors (Lipinski definition) is 2. The molecule has 1 aliphatic rings. The maximum absolute atomic E-state index is 11.8. The standard InChI is InChI=1S/C11H19N3O3S/c1-4-5-6-14-8(2)10(18-7-9(14)15)13-17-11(16)12-3/h13H,4-7H2,1-3H3,(H,12,16). The second kappa shape index (κ2) is 7.15. The predicted octanol–water partition coefficient (Wildman–Crippen LogP) is 1.41. The molecule has 0 saturated carbocycles. The summed E-state index contributed by atoms with van der Waals surface area (Å²) >= 11 is 1.34. The fourth-order valence-corrected chi connectivity index (χ4v) is 2.32. The van der Waals surface area contributed by atoms with Crippen molar-refractivity contribution in [1.82, 2.24) is 15.7 Å². The molecular formula is C11H19N3O3S. The first-order valence-corrected chi connectivity index (χ1v) is 6.87. The summed E-state index contributed by atoms with van der Waals surface area (Å²) in [4.78, 5) is 29.2. The molecule has 2 N–H and O–H groups in total. The van der Waals surface area contributed by atoms with Crippen LogP contribution in [0.15, 0.2) is 10.7 Å². The molecule has 102 valence electrons. The fourth-order valence-electron chi connectivity index (χ4n) is 1.48. The third-order valence-electron chi connectivity index (χ3n) is 2.55. The Morgan fingerprint density at radius 1 is 1.56 bits per heavy atom. The van der Waals surface area contributed by atoms with E-state index in [-0.39, 0.29) is 5.91 Å². The minimum absolute atomic E-state index is 0.0939. The zero-order valence-electron chi connectivity index (χ0n) is 10.9. The van der Waals surface area contributed by atoms with Gasteiger partial charge in [0.15, 0.2) is 0 Å². The Hall–Kier alpha value is -1.37. The molecule has 0 aromatic heterocycles. The Morgan fingerprint density at radius 3 is 2.89 bits per heavy atom. The van der Waals surface area contributed by atoms with Gasteiger partial charge >= 0.3 is 6.09 Å². The molecule has 0 spiro atoms. The normalized spacial score (nSPS) is 15.7. The van der Waals surface area contributed by atoms with E-state index in [0.717, 1.165) is 18.5 Å². The maximum atomic E-state index is 11.8. The molecule has 7 heteroatoms. The van der Waals surface area contributed by atoms with Gasteiger partial charge in [0.1, 0.15) is 5.03 Å². The summed E-state index contributed by atoms with van der Waals surface area (Å²) in [7, 11) is 1.48. The van der Waals surface area contributed by atoms with Gasteiger partial charge in [0.2, 0.25) is 5.91 Å². The van der Waals surface area contributed by atoms with Crippen molar-refractivity contribution in [3.63, 3.8) is 0 Å². The lowest BCUT2D eigenvalue weighted by atomic mass is 10.3. The van der Waals surface area contributed by atoms with E-state index in [4.69, 9.17) is 4.84 Å². The van der Waals surface area contributed by atoms with Crippen LogP contribution in [-0.2, 0) is 9.63 Å². The molecule has 0 aromatic carbocycles. The number of allylic oxidation sites excluding steroid dienone is 1. The van der Waals surface area contributed by atoms with E-state index in [0.29, 0.717) is 17.3 Å². The third-order valence-corrected chi connectivity index (χ3v) is 3.61. The van der Waals surface area contributed by atoms with E-state index >= 15 is 0 Å². The van der Waals surface area contributed by atoms with Crippen molar-refractivity contribution < 1.29 is 14.4 Å². The second-order valence-electron chi connectivity index (χ2n) is 3.84. The highest BCUT2D eigenvalue weighted by molar-refractivity contribution is 8.03. The van der Waals surface area contributed by atoms with Crippen molar-refractivity contribution in [3.05, 3.63) is 10.7 Å². The van der Waals surface area contributed by atoms with E-state index in [1.54, 1.807) is 4.90 Å². The number of nitrogens with zero attached hydrogens (tertiary/aromatic N) is 1. The summed E-state index contributed by atoms with van der Waals surface area (Å²) in [6, 6.07) is 0. The Balaban J connectivity index is 2.67. The van der Waals surface area contributed by atoms with Crippen LogP contribution in [0.3, 0.4) is 0 Å². The fraction of sp³-hybridized carbons (Fsp3) is 0.636. The molecule has 0 aliphatic carbocycles. The van der Waals surface area contributed by atoms with Crippen molar-refractivity contribution in [2.24, 2.45) is 0 Å².